The molecule has 0 amide bonds. The number of rotatable bonds is 2. The number of nitrogens with two attached hydrogens (primary N) is 1. The van der Waals surface area contributed by atoms with Gasteiger partial charge in [-0.3, -0.25) is 0 Å². The maximum atomic E-state index is 5.94. The first kappa shape index (κ1) is 9.53. The van der Waals surface area contributed by atoms with Crippen molar-refractivity contribution in [1.82, 2.24) is 0 Å². The summed E-state index contributed by atoms with van der Waals surface area (Å²) in [5, 5.41) is 0. The lowest BCUT2D eigenvalue weighted by Crippen LogP contribution is -2.33. The van der Waals surface area contributed by atoms with Crippen LogP contribution < -0.4 is 10.5 Å². The molecule has 76 valence electrons. The molecule has 1 saturated carbocycles. The normalized spacial score (nSPS) is 26.4. The maximum Gasteiger partial charge on any atom is 0.120 e. The summed E-state index contributed by atoms with van der Waals surface area (Å²) in [4.78, 5) is 0. The quantitative estimate of drug-likeness (QED) is 0.778. The Morgan fingerprint density at radius 1 is 1.36 bits per heavy atom. The summed E-state index contributed by atoms with van der Waals surface area (Å²) in [6.07, 6.45) is 3.60. The van der Waals surface area contributed by atoms with Gasteiger partial charge in [0.05, 0.1) is 0 Å². The molecule has 1 aromatic rings. The van der Waals surface area contributed by atoms with Gasteiger partial charge in [-0.1, -0.05) is 12.1 Å². The molecule has 14 heavy (non-hydrogen) atoms. The highest BCUT2D eigenvalue weighted by atomic mass is 16.5. The van der Waals surface area contributed by atoms with E-state index in [1.165, 1.54) is 12.0 Å². The molecule has 0 aliphatic heterocycles. The van der Waals surface area contributed by atoms with E-state index < -0.39 is 0 Å². The van der Waals surface area contributed by atoms with Crippen LogP contribution in [0, 0.1) is 6.92 Å². The van der Waals surface area contributed by atoms with E-state index in [1.807, 2.05) is 12.1 Å². The van der Waals surface area contributed by atoms with E-state index in [2.05, 4.69) is 19.1 Å². The summed E-state index contributed by atoms with van der Waals surface area (Å²) in [7, 11) is 0. The Labute approximate surface area is 85.1 Å². The first-order valence-electron chi connectivity index (χ1n) is 5.24. The van der Waals surface area contributed by atoms with Gasteiger partial charge in [0.2, 0.25) is 0 Å². The predicted molar refractivity (Wildman–Crippen MR) is 57.4 cm³/mol. The number of benzene rings is 1. The molecule has 2 heteroatoms. The highest BCUT2D eigenvalue weighted by Gasteiger charge is 2.25. The fourth-order valence-corrected chi connectivity index (χ4v) is 1.96. The van der Waals surface area contributed by atoms with Crippen LogP contribution in [0.2, 0.25) is 0 Å². The van der Waals surface area contributed by atoms with E-state index in [0.29, 0.717) is 0 Å². The number of aryl methyl sites for hydroxylation is 1. The van der Waals surface area contributed by atoms with Crippen molar-refractivity contribution in [2.24, 2.45) is 5.73 Å². The third kappa shape index (κ3) is 2.07. The van der Waals surface area contributed by atoms with E-state index in [0.717, 1.165) is 18.6 Å². The molecule has 2 nitrogen and oxygen atoms in total. The molecule has 2 N–H and O–H groups in total. The number of hydrogen-bond donors (Lipinski definition) is 1. The standard InChI is InChI=1S/C12H17NO/c1-9-4-2-5-10(8-9)14-12-7-3-6-11(12)13/h2,4-5,8,11-12H,3,6-7,13H2,1H3. The SMILES string of the molecule is Cc1cccc(OC2CCCC2N)c1. The third-order valence-corrected chi connectivity index (χ3v) is 2.78. The summed E-state index contributed by atoms with van der Waals surface area (Å²) in [5.41, 5.74) is 7.17. The monoisotopic (exact) mass is 191 g/mol. The van der Waals surface area contributed by atoms with E-state index in [-0.39, 0.29) is 12.1 Å². The van der Waals surface area contributed by atoms with Gasteiger partial charge in [0.1, 0.15) is 11.9 Å². The molecule has 2 atom stereocenters. The average molecular weight is 191 g/mol. The molecule has 2 unspecified atom stereocenters. The average Bonchev–Trinajstić information content (AvgIpc) is 2.52. The van der Waals surface area contributed by atoms with Crippen LogP contribution in [0.4, 0.5) is 0 Å². The van der Waals surface area contributed by atoms with Gasteiger partial charge in [-0.2, -0.15) is 0 Å². The molecular weight excluding hydrogens is 174 g/mol. The highest BCUT2D eigenvalue weighted by Crippen LogP contribution is 2.23. The Hall–Kier alpha value is -1.02. The highest BCUT2D eigenvalue weighted by molar-refractivity contribution is 5.27. The molecular formula is C12H17NO. The lowest BCUT2D eigenvalue weighted by Gasteiger charge is -2.17. The molecule has 0 aromatic heterocycles. The lowest BCUT2D eigenvalue weighted by molar-refractivity contribution is 0.191. The molecule has 1 aromatic carbocycles. The number of hydrogen-bond acceptors (Lipinski definition) is 2. The summed E-state index contributed by atoms with van der Waals surface area (Å²) < 4.78 is 5.84. The van der Waals surface area contributed by atoms with E-state index in [4.69, 9.17) is 10.5 Å². The fourth-order valence-electron chi connectivity index (χ4n) is 1.96. The summed E-state index contributed by atoms with van der Waals surface area (Å²) in [6.45, 7) is 2.07. The van der Waals surface area contributed by atoms with Gasteiger partial charge in [-0.25, -0.2) is 0 Å². The molecule has 2 rings (SSSR count). The summed E-state index contributed by atoms with van der Waals surface area (Å²) >= 11 is 0. The molecule has 1 aliphatic rings. The predicted octanol–water partition coefficient (Wildman–Crippen LogP) is 2.25. The largest absolute Gasteiger partial charge is 0.489 e. The minimum atomic E-state index is 0.218. The molecule has 0 bridgehead atoms. The second-order valence-electron chi connectivity index (χ2n) is 4.07. The molecule has 0 radical (unpaired) electrons. The Kier molecular flexibility index (Phi) is 2.73. The van der Waals surface area contributed by atoms with Crippen molar-refractivity contribution in [3.05, 3.63) is 29.8 Å². The van der Waals surface area contributed by atoms with E-state index in [9.17, 15) is 0 Å². The van der Waals surface area contributed by atoms with Crippen LogP contribution in [-0.4, -0.2) is 12.1 Å². The van der Waals surface area contributed by atoms with Crippen molar-refractivity contribution in [2.45, 2.75) is 38.3 Å². The Morgan fingerprint density at radius 3 is 2.86 bits per heavy atom. The zero-order valence-electron chi connectivity index (χ0n) is 8.57. The first-order valence-corrected chi connectivity index (χ1v) is 5.24. The topological polar surface area (TPSA) is 35.2 Å². The van der Waals surface area contributed by atoms with Crippen LogP contribution in [0.15, 0.2) is 24.3 Å². The Balaban J connectivity index is 2.03. The van der Waals surface area contributed by atoms with Crippen LogP contribution in [0.3, 0.4) is 0 Å². The fraction of sp³-hybridized carbons (Fsp3) is 0.500. The summed E-state index contributed by atoms with van der Waals surface area (Å²) in [5.74, 6) is 0.951. The molecule has 0 saturated heterocycles. The van der Waals surface area contributed by atoms with Crippen molar-refractivity contribution in [1.29, 1.82) is 0 Å². The van der Waals surface area contributed by atoms with E-state index >= 15 is 0 Å². The maximum absolute atomic E-state index is 5.94. The van der Waals surface area contributed by atoms with Crippen molar-refractivity contribution < 1.29 is 4.74 Å². The summed E-state index contributed by atoms with van der Waals surface area (Å²) in [6, 6.07) is 8.37. The van der Waals surface area contributed by atoms with Gasteiger partial charge in [-0.05, 0) is 43.9 Å². The second-order valence-corrected chi connectivity index (χ2v) is 4.07. The Bertz CT molecular complexity index is 311. The Morgan fingerprint density at radius 2 is 2.21 bits per heavy atom. The minimum absolute atomic E-state index is 0.218. The van der Waals surface area contributed by atoms with Crippen molar-refractivity contribution >= 4 is 0 Å². The zero-order chi connectivity index (χ0) is 9.97. The molecule has 1 aliphatic carbocycles. The van der Waals surface area contributed by atoms with Crippen LogP contribution in [-0.2, 0) is 0 Å². The van der Waals surface area contributed by atoms with Crippen LogP contribution in [0.25, 0.3) is 0 Å². The van der Waals surface area contributed by atoms with Crippen LogP contribution in [0.5, 0.6) is 5.75 Å². The second kappa shape index (κ2) is 4.01. The van der Waals surface area contributed by atoms with Gasteiger partial charge in [-0.15, -0.1) is 0 Å². The van der Waals surface area contributed by atoms with Gasteiger partial charge in [0.25, 0.3) is 0 Å². The zero-order valence-corrected chi connectivity index (χ0v) is 8.57. The third-order valence-electron chi connectivity index (χ3n) is 2.78. The first-order chi connectivity index (χ1) is 6.75. The lowest BCUT2D eigenvalue weighted by atomic mass is 10.2. The van der Waals surface area contributed by atoms with Gasteiger partial charge >= 0.3 is 0 Å². The van der Waals surface area contributed by atoms with Gasteiger partial charge in [0.15, 0.2) is 0 Å². The smallest absolute Gasteiger partial charge is 0.120 e. The van der Waals surface area contributed by atoms with Crippen LogP contribution >= 0.6 is 0 Å². The van der Waals surface area contributed by atoms with E-state index in [1.54, 1.807) is 0 Å². The van der Waals surface area contributed by atoms with Crippen molar-refractivity contribution in [3.8, 4) is 5.75 Å². The van der Waals surface area contributed by atoms with Gasteiger partial charge < -0.3 is 10.5 Å². The van der Waals surface area contributed by atoms with Gasteiger partial charge in [0, 0.05) is 6.04 Å². The van der Waals surface area contributed by atoms with Crippen LogP contribution in [0.1, 0.15) is 24.8 Å². The molecule has 1 fully saturated rings. The minimum Gasteiger partial charge on any atom is -0.489 e. The molecule has 0 spiro atoms. The van der Waals surface area contributed by atoms with Crippen molar-refractivity contribution in [2.75, 3.05) is 0 Å². The molecule has 0 heterocycles. The number of ether oxygens (including phenoxy) is 1. The van der Waals surface area contributed by atoms with Crippen molar-refractivity contribution in [3.63, 3.8) is 0 Å².